The molecule has 2 atom stereocenters. The Hall–Kier alpha value is -0.990. The van der Waals surface area contributed by atoms with E-state index >= 15 is 0 Å². The lowest BCUT2D eigenvalue weighted by molar-refractivity contribution is -0.161. The minimum Gasteiger partial charge on any atom is -0.462 e. The van der Waals surface area contributed by atoms with Gasteiger partial charge < -0.3 is 20.1 Å². The van der Waals surface area contributed by atoms with Gasteiger partial charge in [-0.1, -0.05) is 264 Å². The van der Waals surface area contributed by atoms with E-state index in [-0.39, 0.29) is 38.6 Å². The van der Waals surface area contributed by atoms with E-state index in [2.05, 4.69) is 13.8 Å². The smallest absolute Gasteiger partial charge is 0.462 e. The fourth-order valence-electron chi connectivity index (χ4n) is 8.23. The summed E-state index contributed by atoms with van der Waals surface area (Å²) in [5.74, 6) is -0.813. The Morgan fingerprint density at radius 3 is 0.984 bits per heavy atom. The van der Waals surface area contributed by atoms with E-state index in [0.717, 1.165) is 32.1 Å². The number of phosphoric acid groups is 1. The van der Waals surface area contributed by atoms with Crippen LogP contribution < -0.4 is 5.73 Å². The molecule has 2 unspecified atom stereocenters. The molecule has 0 aromatic heterocycles. The van der Waals surface area contributed by atoms with Gasteiger partial charge in [0.1, 0.15) is 6.61 Å². The van der Waals surface area contributed by atoms with E-state index in [1.807, 2.05) is 0 Å². The first kappa shape index (κ1) is 61.0. The number of unbranched alkanes of at least 4 members (excludes halogenated alkanes) is 39. The molecule has 0 aliphatic heterocycles. The first-order valence-corrected chi connectivity index (χ1v) is 28.5. The Kier molecular flexibility index (Phi) is 48.7. The van der Waals surface area contributed by atoms with Crippen molar-refractivity contribution < 1.29 is 37.6 Å². The van der Waals surface area contributed by atoms with Crippen molar-refractivity contribution >= 4 is 19.8 Å². The summed E-state index contributed by atoms with van der Waals surface area (Å²) in [7, 11) is -4.37. The molecule has 0 rings (SSSR count). The highest BCUT2D eigenvalue weighted by atomic mass is 31.2. The van der Waals surface area contributed by atoms with Crippen LogP contribution in [0.25, 0.3) is 0 Å². The molecule has 10 heteroatoms. The van der Waals surface area contributed by atoms with Gasteiger partial charge in [-0.3, -0.25) is 18.6 Å². The zero-order chi connectivity index (χ0) is 45.3. The van der Waals surface area contributed by atoms with Crippen LogP contribution in [0.1, 0.15) is 290 Å². The van der Waals surface area contributed by atoms with Crippen molar-refractivity contribution in [1.29, 1.82) is 0 Å². The average Bonchev–Trinajstić information content (AvgIpc) is 3.26. The number of hydrogen-bond donors (Lipinski definition) is 2. The molecule has 62 heavy (non-hydrogen) atoms. The molecule has 370 valence electrons. The molecular formula is C52H104NO8P. The van der Waals surface area contributed by atoms with Gasteiger partial charge in [0.05, 0.1) is 13.2 Å². The number of esters is 2. The molecule has 0 heterocycles. The van der Waals surface area contributed by atoms with Gasteiger partial charge in [-0.05, 0) is 12.8 Å². The van der Waals surface area contributed by atoms with E-state index in [0.29, 0.717) is 6.42 Å². The van der Waals surface area contributed by atoms with Crippen LogP contribution in [-0.4, -0.2) is 49.3 Å². The molecule has 0 aromatic carbocycles. The number of nitrogens with two attached hydrogens (primary N) is 1. The fourth-order valence-corrected chi connectivity index (χ4v) is 8.99. The van der Waals surface area contributed by atoms with E-state index in [1.54, 1.807) is 0 Å². The average molecular weight is 902 g/mol. The molecule has 0 amide bonds. The first-order chi connectivity index (χ1) is 30.3. The zero-order valence-electron chi connectivity index (χ0n) is 41.1. The fraction of sp³-hybridized carbons (Fsp3) is 0.962. The minimum atomic E-state index is -4.37. The Bertz CT molecular complexity index is 984. The molecule has 0 bridgehead atoms. The number of rotatable bonds is 52. The van der Waals surface area contributed by atoms with E-state index in [1.165, 1.54) is 225 Å². The Morgan fingerprint density at radius 2 is 0.694 bits per heavy atom. The van der Waals surface area contributed by atoms with Crippen LogP contribution in [0.15, 0.2) is 0 Å². The van der Waals surface area contributed by atoms with Gasteiger partial charge >= 0.3 is 19.8 Å². The first-order valence-electron chi connectivity index (χ1n) is 27.0. The topological polar surface area (TPSA) is 134 Å². The van der Waals surface area contributed by atoms with Crippen molar-refractivity contribution in [3.05, 3.63) is 0 Å². The number of carbonyl (C=O) groups excluding carboxylic acids is 2. The summed E-state index contributed by atoms with van der Waals surface area (Å²) in [6, 6.07) is 0. The Morgan fingerprint density at radius 1 is 0.419 bits per heavy atom. The molecule has 9 nitrogen and oxygen atoms in total. The summed E-state index contributed by atoms with van der Waals surface area (Å²) in [4.78, 5) is 34.9. The molecule has 0 fully saturated rings. The highest BCUT2D eigenvalue weighted by Gasteiger charge is 2.26. The van der Waals surface area contributed by atoms with Crippen molar-refractivity contribution in [1.82, 2.24) is 0 Å². The lowest BCUT2D eigenvalue weighted by atomic mass is 10.0. The highest BCUT2D eigenvalue weighted by Crippen LogP contribution is 2.43. The molecular weight excluding hydrogens is 798 g/mol. The summed E-state index contributed by atoms with van der Waals surface area (Å²) >= 11 is 0. The zero-order valence-corrected chi connectivity index (χ0v) is 42.0. The number of carbonyl (C=O) groups is 2. The number of hydrogen-bond acceptors (Lipinski definition) is 8. The lowest BCUT2D eigenvalue weighted by Crippen LogP contribution is -2.29. The third kappa shape index (κ3) is 48.5. The molecule has 0 aliphatic rings. The van der Waals surface area contributed by atoms with Gasteiger partial charge in [-0.15, -0.1) is 0 Å². The molecule has 0 saturated heterocycles. The van der Waals surface area contributed by atoms with E-state index in [9.17, 15) is 19.0 Å². The van der Waals surface area contributed by atoms with Crippen LogP contribution in [-0.2, 0) is 32.7 Å². The minimum absolute atomic E-state index is 0.0581. The van der Waals surface area contributed by atoms with Crippen LogP contribution in [0.3, 0.4) is 0 Å². The third-order valence-electron chi connectivity index (χ3n) is 12.2. The summed E-state index contributed by atoms with van der Waals surface area (Å²) in [5.41, 5.74) is 5.36. The number of phosphoric ester groups is 1. The summed E-state index contributed by atoms with van der Waals surface area (Å²) < 4.78 is 32.8. The maximum absolute atomic E-state index is 12.6. The van der Waals surface area contributed by atoms with Crippen LogP contribution in [0.4, 0.5) is 0 Å². The van der Waals surface area contributed by atoms with Crippen LogP contribution >= 0.6 is 7.82 Å². The third-order valence-corrected chi connectivity index (χ3v) is 13.2. The molecule has 0 saturated carbocycles. The van der Waals surface area contributed by atoms with Crippen LogP contribution in [0.2, 0.25) is 0 Å². The van der Waals surface area contributed by atoms with Gasteiger partial charge in [-0.25, -0.2) is 4.57 Å². The summed E-state index contributed by atoms with van der Waals surface area (Å²) in [6.07, 6.45) is 53.4. The molecule has 0 radical (unpaired) electrons. The van der Waals surface area contributed by atoms with Gasteiger partial charge in [0.2, 0.25) is 0 Å². The number of ether oxygens (including phenoxy) is 2. The van der Waals surface area contributed by atoms with Crippen molar-refractivity contribution in [3.63, 3.8) is 0 Å². The predicted molar refractivity (Wildman–Crippen MR) is 262 cm³/mol. The quantitative estimate of drug-likeness (QED) is 0.0347. The molecule has 0 aromatic rings. The largest absolute Gasteiger partial charge is 0.472 e. The van der Waals surface area contributed by atoms with Crippen molar-refractivity contribution in [3.8, 4) is 0 Å². The van der Waals surface area contributed by atoms with Crippen LogP contribution in [0, 0.1) is 0 Å². The predicted octanol–water partition coefficient (Wildman–Crippen LogP) is 16.3. The highest BCUT2D eigenvalue weighted by molar-refractivity contribution is 7.47. The summed E-state index contributed by atoms with van der Waals surface area (Å²) in [6.45, 7) is 3.76. The Labute approximate surface area is 384 Å². The van der Waals surface area contributed by atoms with Gasteiger partial charge in [0.25, 0.3) is 0 Å². The van der Waals surface area contributed by atoms with Gasteiger partial charge in [-0.2, -0.15) is 0 Å². The second-order valence-corrected chi connectivity index (χ2v) is 19.9. The second kappa shape index (κ2) is 49.4. The van der Waals surface area contributed by atoms with E-state index in [4.69, 9.17) is 24.3 Å². The van der Waals surface area contributed by atoms with Crippen LogP contribution in [0.5, 0.6) is 0 Å². The van der Waals surface area contributed by atoms with Gasteiger partial charge in [0, 0.05) is 19.4 Å². The maximum Gasteiger partial charge on any atom is 0.472 e. The van der Waals surface area contributed by atoms with Gasteiger partial charge in [0.15, 0.2) is 6.10 Å². The maximum atomic E-state index is 12.6. The van der Waals surface area contributed by atoms with E-state index < -0.39 is 26.5 Å². The Balaban J connectivity index is 3.74. The lowest BCUT2D eigenvalue weighted by Gasteiger charge is -2.19. The molecule has 0 spiro atoms. The molecule has 3 N–H and O–H groups in total. The van der Waals surface area contributed by atoms with Crippen molar-refractivity contribution in [2.24, 2.45) is 5.73 Å². The van der Waals surface area contributed by atoms with Crippen molar-refractivity contribution in [2.75, 3.05) is 26.4 Å². The second-order valence-electron chi connectivity index (χ2n) is 18.5. The summed E-state index contributed by atoms with van der Waals surface area (Å²) in [5, 5.41) is 0. The van der Waals surface area contributed by atoms with Crippen molar-refractivity contribution in [2.45, 2.75) is 296 Å². The molecule has 0 aliphatic carbocycles. The standard InChI is InChI=1S/C52H104NO8P/c1-3-5-7-9-11-13-14-15-16-17-18-19-20-21-22-23-24-25-26-27-28-29-30-31-32-33-34-35-37-39-41-43-45-52(55)61-50(49-60-62(56,57)59-47-46-53)48-58-51(54)44-42-40-38-36-12-10-8-6-4-2/h50H,3-49,53H2,1-2H3,(H,56,57). The normalized spacial score (nSPS) is 13.0. The monoisotopic (exact) mass is 902 g/mol. The SMILES string of the molecule is CCCCCCCCCCCCCCCCCCCCCCCCCCCCCCCCCCC(=O)OC(COC(=O)CCCCCCCCCCC)COP(=O)(O)OCCN.